The second-order valence-corrected chi connectivity index (χ2v) is 9.05. The predicted octanol–water partition coefficient (Wildman–Crippen LogP) is 0.729. The number of aliphatic hydroxyl groups excluding tert-OH is 1. The molecular weight excluding hydrogens is 490 g/mol. The van der Waals surface area contributed by atoms with Gasteiger partial charge in [-0.25, -0.2) is 9.78 Å². The second-order valence-electron chi connectivity index (χ2n) is 7.06. The van der Waals surface area contributed by atoms with E-state index in [9.17, 15) is 34.4 Å². The molecule has 15 heteroatoms. The molecular formula is C19H15N5O8S2. The summed E-state index contributed by atoms with van der Waals surface area (Å²) in [7, 11) is 0. The molecule has 0 bridgehead atoms. The fourth-order valence-electron chi connectivity index (χ4n) is 3.24. The smallest absolute Gasteiger partial charge is 0.358 e. The normalized spacial score (nSPS) is 19.2. The van der Waals surface area contributed by atoms with E-state index in [0.29, 0.717) is 5.56 Å². The Labute approximate surface area is 198 Å². The Morgan fingerprint density at radius 3 is 2.65 bits per heavy atom. The van der Waals surface area contributed by atoms with Gasteiger partial charge in [0.1, 0.15) is 29.5 Å². The summed E-state index contributed by atoms with van der Waals surface area (Å²) >= 11 is 2.08. The number of nitro benzene ring substituents is 1. The summed E-state index contributed by atoms with van der Waals surface area (Å²) in [6, 6.07) is 4.23. The number of fused-ring (bicyclic) bond motifs is 1. The van der Waals surface area contributed by atoms with Gasteiger partial charge in [0.2, 0.25) is 0 Å². The minimum atomic E-state index is -1.09. The first-order valence-corrected chi connectivity index (χ1v) is 11.4. The maximum Gasteiger partial charge on any atom is 0.358 e. The van der Waals surface area contributed by atoms with Crippen LogP contribution in [0.3, 0.4) is 0 Å². The number of benzene rings is 1. The molecule has 0 aliphatic carbocycles. The fraction of sp³-hybridized carbons (Fsp3) is 0.211. The van der Waals surface area contributed by atoms with Gasteiger partial charge in [0.05, 0.1) is 10.7 Å². The highest BCUT2D eigenvalue weighted by Gasteiger charge is 2.55. The molecule has 4 rings (SSSR count). The topological polar surface area (TPSA) is 195 Å². The van der Waals surface area contributed by atoms with Gasteiger partial charge in [-0.05, 0) is 17.7 Å². The van der Waals surface area contributed by atoms with Gasteiger partial charge in [-0.1, -0.05) is 0 Å². The summed E-state index contributed by atoms with van der Waals surface area (Å²) in [5.74, 6) is -4.09. The quantitative estimate of drug-likeness (QED) is 0.120. The van der Waals surface area contributed by atoms with Crippen molar-refractivity contribution < 1.29 is 33.9 Å². The van der Waals surface area contributed by atoms with E-state index in [2.05, 4.69) is 10.3 Å². The van der Waals surface area contributed by atoms with Crippen molar-refractivity contribution in [1.29, 1.82) is 0 Å². The van der Waals surface area contributed by atoms with E-state index in [0.717, 1.165) is 28.0 Å². The molecule has 2 aromatic rings. The Morgan fingerprint density at radius 1 is 1.32 bits per heavy atom. The predicted molar refractivity (Wildman–Crippen MR) is 118 cm³/mol. The minimum Gasteiger partial charge on any atom is -0.509 e. The maximum atomic E-state index is 12.7. The molecule has 0 radical (unpaired) electrons. The molecule has 1 saturated heterocycles. The molecule has 2 atom stereocenters. The average Bonchev–Trinajstić information content (AvgIpc) is 3.26. The summed E-state index contributed by atoms with van der Waals surface area (Å²) in [6.07, 6.45) is 0. The number of nitro groups is 1. The van der Waals surface area contributed by atoms with Crippen LogP contribution < -0.4 is 11.1 Å². The highest BCUT2D eigenvalue weighted by Crippen LogP contribution is 2.40. The van der Waals surface area contributed by atoms with E-state index < -0.39 is 39.9 Å². The first-order chi connectivity index (χ1) is 16.2. The molecule has 1 fully saturated rings. The molecule has 4 N–H and O–H groups in total. The van der Waals surface area contributed by atoms with Gasteiger partial charge in [-0.3, -0.25) is 29.4 Å². The van der Waals surface area contributed by atoms with Crippen molar-refractivity contribution in [2.45, 2.75) is 18.0 Å². The van der Waals surface area contributed by atoms with Gasteiger partial charge in [0.25, 0.3) is 23.3 Å². The lowest BCUT2D eigenvalue weighted by Crippen LogP contribution is -2.71. The molecule has 1 aromatic carbocycles. The molecule has 2 amide bonds. The zero-order chi connectivity index (χ0) is 24.6. The van der Waals surface area contributed by atoms with Crippen LogP contribution in [0.4, 0.5) is 10.8 Å². The number of anilines is 1. The van der Waals surface area contributed by atoms with E-state index in [4.69, 9.17) is 10.5 Å². The van der Waals surface area contributed by atoms with E-state index in [1.165, 1.54) is 29.6 Å². The number of Topliss-reactive ketones (excluding diaryl/α,β-unsaturated/α-hetero) is 1. The van der Waals surface area contributed by atoms with Gasteiger partial charge in [0, 0.05) is 17.5 Å². The number of thioether (sulfide) groups is 1. The van der Waals surface area contributed by atoms with Crippen molar-refractivity contribution in [3.8, 4) is 0 Å². The average molecular weight is 505 g/mol. The number of β-lactam (4-membered cyclic amide) rings is 1. The highest BCUT2D eigenvalue weighted by molar-refractivity contribution is 8.00. The molecule has 2 unspecified atom stereocenters. The van der Waals surface area contributed by atoms with Crippen LogP contribution in [-0.2, 0) is 25.7 Å². The number of ether oxygens (including phenoxy) is 1. The van der Waals surface area contributed by atoms with E-state index in [1.807, 2.05) is 0 Å². The van der Waals surface area contributed by atoms with Crippen molar-refractivity contribution in [2.24, 2.45) is 0 Å². The SMILES string of the molecule is Nc1nc(C(=O)C(=O)NC2C(=O)N3C(C(=O)OCc4ccc([N+](=O)[O-])cc4)=C(O)CSC23)cs1. The summed E-state index contributed by atoms with van der Waals surface area (Å²) < 4.78 is 5.16. The van der Waals surface area contributed by atoms with E-state index in [1.54, 1.807) is 0 Å². The van der Waals surface area contributed by atoms with Gasteiger partial charge >= 0.3 is 5.97 Å². The van der Waals surface area contributed by atoms with Crippen LogP contribution in [0.15, 0.2) is 41.1 Å². The zero-order valence-corrected chi connectivity index (χ0v) is 18.6. The number of hydrogen-bond donors (Lipinski definition) is 3. The number of esters is 1. The van der Waals surface area contributed by atoms with Crippen LogP contribution in [0.1, 0.15) is 16.1 Å². The summed E-state index contributed by atoms with van der Waals surface area (Å²) in [6.45, 7) is -0.251. The number of carbonyl (C=O) groups is 4. The lowest BCUT2D eigenvalue weighted by Gasteiger charge is -2.48. The molecule has 3 heterocycles. The third-order valence-corrected chi connectivity index (χ3v) is 6.84. The summed E-state index contributed by atoms with van der Waals surface area (Å²) in [5.41, 5.74) is 5.29. The number of amides is 2. The van der Waals surface area contributed by atoms with Crippen LogP contribution in [0.25, 0.3) is 0 Å². The van der Waals surface area contributed by atoms with Crippen molar-refractivity contribution in [2.75, 3.05) is 11.5 Å². The first-order valence-electron chi connectivity index (χ1n) is 9.50. The molecule has 2 aliphatic rings. The molecule has 2 aliphatic heterocycles. The standard InChI is InChI=1S/C19H15N5O8S2/c20-19-21-10(6-34-19)14(26)15(27)22-12-16(28)23-13(11(25)7-33-17(12)23)18(29)32-5-8-1-3-9(4-2-8)24(30)31/h1-4,6,12,17,25H,5,7H2,(H2,20,21)(H,22,27). The Kier molecular flexibility index (Phi) is 6.21. The van der Waals surface area contributed by atoms with Crippen LogP contribution in [0.5, 0.6) is 0 Å². The number of carbonyl (C=O) groups excluding carboxylic acids is 4. The molecule has 13 nitrogen and oxygen atoms in total. The van der Waals surface area contributed by atoms with Crippen molar-refractivity contribution in [3.63, 3.8) is 0 Å². The number of nitrogens with two attached hydrogens (primary N) is 1. The summed E-state index contributed by atoms with van der Waals surface area (Å²) in [4.78, 5) is 64.6. The largest absolute Gasteiger partial charge is 0.509 e. The number of thiazole rings is 1. The highest BCUT2D eigenvalue weighted by atomic mass is 32.2. The van der Waals surface area contributed by atoms with E-state index in [-0.39, 0.29) is 40.3 Å². The second kappa shape index (κ2) is 9.11. The molecule has 34 heavy (non-hydrogen) atoms. The molecule has 0 spiro atoms. The van der Waals surface area contributed by atoms with Crippen LogP contribution in [0, 0.1) is 10.1 Å². The number of non-ortho nitro benzene ring substituents is 1. The van der Waals surface area contributed by atoms with Crippen molar-refractivity contribution in [3.05, 3.63) is 62.5 Å². The van der Waals surface area contributed by atoms with Crippen LogP contribution >= 0.6 is 23.1 Å². The number of aromatic nitrogens is 1. The van der Waals surface area contributed by atoms with E-state index >= 15 is 0 Å². The number of nitrogens with one attached hydrogen (secondary N) is 1. The Hall–Kier alpha value is -3.98. The number of hydrogen-bond acceptors (Lipinski definition) is 12. The van der Waals surface area contributed by atoms with Crippen LogP contribution in [0.2, 0.25) is 0 Å². The van der Waals surface area contributed by atoms with Gasteiger partial charge in [-0.15, -0.1) is 23.1 Å². The minimum absolute atomic E-state index is 0.0284. The number of ketones is 1. The fourth-order valence-corrected chi connectivity index (χ4v) is 4.98. The van der Waals surface area contributed by atoms with Crippen LogP contribution in [-0.4, -0.2) is 60.6 Å². The third-order valence-electron chi connectivity index (χ3n) is 4.91. The third kappa shape index (κ3) is 4.29. The zero-order valence-electron chi connectivity index (χ0n) is 17.0. The molecule has 1 aromatic heterocycles. The first kappa shape index (κ1) is 23.2. The van der Waals surface area contributed by atoms with Gasteiger partial charge < -0.3 is 20.9 Å². The lowest BCUT2D eigenvalue weighted by atomic mass is 10.0. The Balaban J connectivity index is 1.40. The number of rotatable bonds is 7. The molecule has 176 valence electrons. The Morgan fingerprint density at radius 2 is 2.03 bits per heavy atom. The maximum absolute atomic E-state index is 12.7. The van der Waals surface area contributed by atoms with Gasteiger partial charge in [0.15, 0.2) is 10.8 Å². The Bertz CT molecular complexity index is 1240. The molecule has 0 saturated carbocycles. The lowest BCUT2D eigenvalue weighted by molar-refractivity contribution is -0.384. The van der Waals surface area contributed by atoms with Crippen molar-refractivity contribution >= 4 is 57.5 Å². The van der Waals surface area contributed by atoms with Gasteiger partial charge in [-0.2, -0.15) is 0 Å². The number of nitrogen functional groups attached to an aromatic ring is 1. The van der Waals surface area contributed by atoms with Crippen molar-refractivity contribution in [1.82, 2.24) is 15.2 Å². The number of nitrogens with zero attached hydrogens (tertiary/aromatic N) is 3. The monoisotopic (exact) mass is 505 g/mol. The number of aliphatic hydroxyl groups is 1. The summed E-state index contributed by atoms with van der Waals surface area (Å²) in [5, 5.41) is 24.0.